The molecule has 2 unspecified atom stereocenters. The van der Waals surface area contributed by atoms with E-state index >= 15 is 0 Å². The fourth-order valence-corrected chi connectivity index (χ4v) is 5.05. The average molecular weight is 298 g/mol. The average Bonchev–Trinajstić information content (AvgIpc) is 3.10. The van der Waals surface area contributed by atoms with Crippen molar-refractivity contribution in [3.05, 3.63) is 12.4 Å². The van der Waals surface area contributed by atoms with E-state index in [9.17, 15) is 8.42 Å². The Morgan fingerprint density at radius 3 is 2.80 bits per heavy atom. The standard InChI is InChI=1S/C13H22N4O2S/c1-16-10-11(9-15-16)20(18,19)17-8-3-2-6-13(17)12-5-4-7-14-12/h9-10,12-14H,2-8H2,1H3. The van der Waals surface area contributed by atoms with Gasteiger partial charge in [-0.15, -0.1) is 0 Å². The normalized spacial score (nSPS) is 28.9. The Bertz CT molecular complexity index is 563. The van der Waals surface area contributed by atoms with Crippen molar-refractivity contribution in [2.75, 3.05) is 13.1 Å². The minimum atomic E-state index is -3.42. The molecular weight excluding hydrogens is 276 g/mol. The van der Waals surface area contributed by atoms with Crippen LogP contribution in [0.2, 0.25) is 0 Å². The van der Waals surface area contributed by atoms with E-state index in [2.05, 4.69) is 10.4 Å². The summed E-state index contributed by atoms with van der Waals surface area (Å²) in [6.07, 6.45) is 8.26. The minimum absolute atomic E-state index is 0.0939. The number of aryl methyl sites for hydroxylation is 1. The van der Waals surface area contributed by atoms with Crippen molar-refractivity contribution in [1.82, 2.24) is 19.4 Å². The van der Waals surface area contributed by atoms with Crippen LogP contribution in [0, 0.1) is 0 Å². The highest BCUT2D eigenvalue weighted by molar-refractivity contribution is 7.89. The van der Waals surface area contributed by atoms with Gasteiger partial charge in [0.2, 0.25) is 10.0 Å². The summed E-state index contributed by atoms with van der Waals surface area (Å²) < 4.78 is 28.9. The van der Waals surface area contributed by atoms with Crippen LogP contribution in [0.4, 0.5) is 0 Å². The van der Waals surface area contributed by atoms with E-state index in [-0.39, 0.29) is 6.04 Å². The molecule has 2 saturated heterocycles. The molecule has 2 atom stereocenters. The highest BCUT2D eigenvalue weighted by Crippen LogP contribution is 2.29. The van der Waals surface area contributed by atoms with Crippen LogP contribution in [0.25, 0.3) is 0 Å². The summed E-state index contributed by atoms with van der Waals surface area (Å²) in [6.45, 7) is 1.63. The molecule has 0 bridgehead atoms. The molecule has 7 heteroatoms. The highest BCUT2D eigenvalue weighted by atomic mass is 32.2. The van der Waals surface area contributed by atoms with Crippen LogP contribution in [0.15, 0.2) is 17.3 Å². The summed E-state index contributed by atoms with van der Waals surface area (Å²) in [6, 6.07) is 0.401. The number of hydrogen-bond acceptors (Lipinski definition) is 4. The van der Waals surface area contributed by atoms with Gasteiger partial charge in [0.1, 0.15) is 4.90 Å². The number of aromatic nitrogens is 2. The first-order chi connectivity index (χ1) is 9.59. The zero-order chi connectivity index (χ0) is 14.2. The van der Waals surface area contributed by atoms with E-state index in [1.165, 1.54) is 6.20 Å². The summed E-state index contributed by atoms with van der Waals surface area (Å²) in [5.41, 5.74) is 0. The van der Waals surface area contributed by atoms with E-state index in [1.807, 2.05) is 0 Å². The maximum atomic E-state index is 12.8. The van der Waals surface area contributed by atoms with Crippen LogP contribution in [0.5, 0.6) is 0 Å². The molecule has 20 heavy (non-hydrogen) atoms. The van der Waals surface area contributed by atoms with Crippen LogP contribution in [-0.2, 0) is 17.1 Å². The molecule has 0 aromatic carbocycles. The zero-order valence-electron chi connectivity index (χ0n) is 11.8. The van der Waals surface area contributed by atoms with E-state index in [0.717, 1.165) is 38.6 Å². The molecule has 2 aliphatic rings. The summed E-state index contributed by atoms with van der Waals surface area (Å²) in [7, 11) is -1.68. The molecule has 1 aromatic heterocycles. The van der Waals surface area contributed by atoms with Crippen molar-refractivity contribution in [3.8, 4) is 0 Å². The molecular formula is C13H22N4O2S. The Kier molecular flexibility index (Phi) is 3.83. The maximum Gasteiger partial charge on any atom is 0.246 e. The SMILES string of the molecule is Cn1cc(S(=O)(=O)N2CCCCC2C2CCCN2)cn1. The molecule has 2 aliphatic heterocycles. The van der Waals surface area contributed by atoms with Crippen molar-refractivity contribution >= 4 is 10.0 Å². The molecule has 0 aliphatic carbocycles. The monoisotopic (exact) mass is 298 g/mol. The van der Waals surface area contributed by atoms with Crippen molar-refractivity contribution in [1.29, 1.82) is 0 Å². The third-order valence-corrected chi connectivity index (χ3v) is 6.23. The molecule has 2 fully saturated rings. The number of rotatable bonds is 3. The first-order valence-corrected chi connectivity index (χ1v) is 8.77. The largest absolute Gasteiger partial charge is 0.312 e. The zero-order valence-corrected chi connectivity index (χ0v) is 12.6. The predicted molar refractivity (Wildman–Crippen MR) is 75.8 cm³/mol. The van der Waals surface area contributed by atoms with Gasteiger partial charge < -0.3 is 5.32 Å². The van der Waals surface area contributed by atoms with Crippen LogP contribution in [-0.4, -0.2) is 47.7 Å². The Labute approximate surface area is 120 Å². The third kappa shape index (κ3) is 2.49. The molecule has 0 amide bonds. The Hall–Kier alpha value is -0.920. The molecule has 112 valence electrons. The van der Waals surface area contributed by atoms with Gasteiger partial charge in [-0.05, 0) is 32.2 Å². The molecule has 0 radical (unpaired) electrons. The first kappa shape index (κ1) is 14.0. The van der Waals surface area contributed by atoms with Gasteiger partial charge >= 0.3 is 0 Å². The van der Waals surface area contributed by atoms with E-state index in [4.69, 9.17) is 0 Å². The van der Waals surface area contributed by atoms with Gasteiger partial charge in [-0.1, -0.05) is 6.42 Å². The van der Waals surface area contributed by atoms with Gasteiger partial charge in [-0.3, -0.25) is 4.68 Å². The Morgan fingerprint density at radius 1 is 1.30 bits per heavy atom. The first-order valence-electron chi connectivity index (χ1n) is 7.33. The fraction of sp³-hybridized carbons (Fsp3) is 0.769. The fourth-order valence-electron chi connectivity index (χ4n) is 3.34. The van der Waals surface area contributed by atoms with Gasteiger partial charge in [0.15, 0.2) is 0 Å². The van der Waals surface area contributed by atoms with Gasteiger partial charge in [-0.2, -0.15) is 9.40 Å². The summed E-state index contributed by atoms with van der Waals surface area (Å²) >= 11 is 0. The second-order valence-electron chi connectivity index (χ2n) is 5.73. The second-order valence-corrected chi connectivity index (χ2v) is 7.62. The lowest BCUT2D eigenvalue weighted by molar-refractivity contribution is 0.211. The molecule has 1 aromatic rings. The van der Waals surface area contributed by atoms with Crippen molar-refractivity contribution in [3.63, 3.8) is 0 Å². The summed E-state index contributed by atoms with van der Waals surface area (Å²) in [5, 5.41) is 7.45. The van der Waals surface area contributed by atoms with Gasteiger partial charge in [0, 0.05) is 31.9 Å². The third-order valence-electron chi connectivity index (χ3n) is 4.35. The molecule has 3 heterocycles. The lowest BCUT2D eigenvalue weighted by Crippen LogP contribution is -2.52. The lowest BCUT2D eigenvalue weighted by Gasteiger charge is -2.37. The molecule has 1 N–H and O–H groups in total. The Balaban J connectivity index is 1.88. The predicted octanol–water partition coefficient (Wildman–Crippen LogP) is 0.715. The smallest absolute Gasteiger partial charge is 0.246 e. The quantitative estimate of drug-likeness (QED) is 0.893. The topological polar surface area (TPSA) is 67.2 Å². The number of sulfonamides is 1. The van der Waals surface area contributed by atoms with E-state index in [0.29, 0.717) is 17.5 Å². The van der Waals surface area contributed by atoms with Crippen LogP contribution in [0.3, 0.4) is 0 Å². The van der Waals surface area contributed by atoms with Crippen LogP contribution in [0.1, 0.15) is 32.1 Å². The maximum absolute atomic E-state index is 12.8. The Morgan fingerprint density at radius 2 is 2.15 bits per heavy atom. The highest BCUT2D eigenvalue weighted by Gasteiger charge is 2.39. The summed E-state index contributed by atoms with van der Waals surface area (Å²) in [5.74, 6) is 0. The van der Waals surface area contributed by atoms with Gasteiger partial charge in [-0.25, -0.2) is 8.42 Å². The van der Waals surface area contributed by atoms with Crippen LogP contribution < -0.4 is 5.32 Å². The van der Waals surface area contributed by atoms with Gasteiger partial charge in [0.05, 0.1) is 6.20 Å². The molecule has 6 nitrogen and oxygen atoms in total. The molecule has 3 rings (SSSR count). The van der Waals surface area contributed by atoms with Crippen molar-refractivity contribution in [2.24, 2.45) is 7.05 Å². The van der Waals surface area contributed by atoms with Gasteiger partial charge in [0.25, 0.3) is 0 Å². The van der Waals surface area contributed by atoms with E-state index < -0.39 is 10.0 Å². The molecule has 0 spiro atoms. The number of piperidine rings is 1. The number of nitrogens with zero attached hydrogens (tertiary/aromatic N) is 3. The van der Waals surface area contributed by atoms with Crippen LogP contribution >= 0.6 is 0 Å². The second kappa shape index (κ2) is 5.46. The number of nitrogens with one attached hydrogen (secondary N) is 1. The molecule has 0 saturated carbocycles. The van der Waals surface area contributed by atoms with Crippen molar-refractivity contribution in [2.45, 2.75) is 49.1 Å². The summed E-state index contributed by atoms with van der Waals surface area (Å²) in [4.78, 5) is 0.310. The minimum Gasteiger partial charge on any atom is -0.312 e. The lowest BCUT2D eigenvalue weighted by atomic mass is 9.97. The number of hydrogen-bond donors (Lipinski definition) is 1. The van der Waals surface area contributed by atoms with Crippen molar-refractivity contribution < 1.29 is 8.42 Å². The van der Waals surface area contributed by atoms with E-state index in [1.54, 1.807) is 22.2 Å².